The summed E-state index contributed by atoms with van der Waals surface area (Å²) in [5, 5.41) is 21.1. The quantitative estimate of drug-likeness (QED) is 0.728. The maximum Gasteiger partial charge on any atom is 0.339 e. The standard InChI is InChI=1S/C11H13N3O3/c1-11(16,10(15)17-2)7-14-9-4-3-8(5-12)6-13-9/h3-4,6,16H,7H2,1-2H3,(H,13,14). The maximum absolute atomic E-state index is 11.2. The fourth-order valence-electron chi connectivity index (χ4n) is 1.12. The summed E-state index contributed by atoms with van der Waals surface area (Å²) in [6.07, 6.45) is 1.40. The molecule has 90 valence electrons. The smallest absolute Gasteiger partial charge is 0.339 e. The molecular formula is C11H13N3O3. The number of aliphatic hydroxyl groups is 1. The summed E-state index contributed by atoms with van der Waals surface area (Å²) in [4.78, 5) is 15.1. The van der Waals surface area contributed by atoms with E-state index in [4.69, 9.17) is 5.26 Å². The first-order chi connectivity index (χ1) is 7.99. The van der Waals surface area contributed by atoms with Gasteiger partial charge in [-0.2, -0.15) is 5.26 Å². The Balaban J connectivity index is 2.61. The molecule has 0 bridgehead atoms. The van der Waals surface area contributed by atoms with Gasteiger partial charge in [-0.3, -0.25) is 0 Å². The average molecular weight is 235 g/mol. The number of rotatable bonds is 4. The van der Waals surface area contributed by atoms with Gasteiger partial charge in [-0.25, -0.2) is 9.78 Å². The van der Waals surface area contributed by atoms with Crippen molar-refractivity contribution in [2.45, 2.75) is 12.5 Å². The molecule has 1 heterocycles. The SMILES string of the molecule is COC(=O)C(C)(O)CNc1ccc(C#N)cn1. The molecule has 6 heteroatoms. The number of ether oxygens (including phenoxy) is 1. The van der Waals surface area contributed by atoms with Crippen LogP contribution < -0.4 is 5.32 Å². The van der Waals surface area contributed by atoms with Crippen LogP contribution in [0, 0.1) is 11.3 Å². The minimum atomic E-state index is -1.62. The van der Waals surface area contributed by atoms with Gasteiger partial charge in [0.25, 0.3) is 0 Å². The molecule has 0 radical (unpaired) electrons. The van der Waals surface area contributed by atoms with E-state index in [2.05, 4.69) is 15.0 Å². The van der Waals surface area contributed by atoms with E-state index in [0.717, 1.165) is 0 Å². The molecule has 0 aliphatic rings. The van der Waals surface area contributed by atoms with Gasteiger partial charge in [-0.15, -0.1) is 0 Å². The summed E-state index contributed by atoms with van der Waals surface area (Å²) >= 11 is 0. The van der Waals surface area contributed by atoms with Crippen molar-refractivity contribution in [1.29, 1.82) is 5.26 Å². The molecule has 0 spiro atoms. The molecule has 1 aromatic rings. The number of esters is 1. The molecule has 0 saturated carbocycles. The highest BCUT2D eigenvalue weighted by atomic mass is 16.5. The predicted octanol–water partition coefficient (Wildman–Crippen LogP) is 0.289. The van der Waals surface area contributed by atoms with Crippen molar-refractivity contribution >= 4 is 11.8 Å². The third-order valence-electron chi connectivity index (χ3n) is 2.13. The summed E-state index contributed by atoms with van der Waals surface area (Å²) in [5.41, 5.74) is -1.18. The summed E-state index contributed by atoms with van der Waals surface area (Å²) in [6, 6.07) is 5.11. The summed E-state index contributed by atoms with van der Waals surface area (Å²) < 4.78 is 4.45. The Morgan fingerprint density at radius 1 is 1.71 bits per heavy atom. The van der Waals surface area contributed by atoms with Gasteiger partial charge in [0.05, 0.1) is 19.2 Å². The van der Waals surface area contributed by atoms with E-state index in [1.54, 1.807) is 12.1 Å². The van der Waals surface area contributed by atoms with Crippen LogP contribution >= 0.6 is 0 Å². The predicted molar refractivity (Wildman–Crippen MR) is 60.1 cm³/mol. The van der Waals surface area contributed by atoms with Crippen molar-refractivity contribution in [3.63, 3.8) is 0 Å². The highest BCUT2D eigenvalue weighted by Gasteiger charge is 2.31. The van der Waals surface area contributed by atoms with Crippen LogP contribution in [-0.2, 0) is 9.53 Å². The van der Waals surface area contributed by atoms with Crippen LogP contribution in [0.15, 0.2) is 18.3 Å². The van der Waals surface area contributed by atoms with Gasteiger partial charge in [0.1, 0.15) is 11.9 Å². The van der Waals surface area contributed by atoms with E-state index in [-0.39, 0.29) is 6.54 Å². The van der Waals surface area contributed by atoms with Crippen molar-refractivity contribution in [2.24, 2.45) is 0 Å². The molecule has 0 aliphatic heterocycles. The van der Waals surface area contributed by atoms with Gasteiger partial charge < -0.3 is 15.2 Å². The van der Waals surface area contributed by atoms with Gasteiger partial charge in [0.15, 0.2) is 5.60 Å². The lowest BCUT2D eigenvalue weighted by Gasteiger charge is -2.20. The van der Waals surface area contributed by atoms with E-state index in [9.17, 15) is 9.90 Å². The van der Waals surface area contributed by atoms with Crippen molar-refractivity contribution in [1.82, 2.24) is 4.98 Å². The molecule has 0 aromatic carbocycles. The van der Waals surface area contributed by atoms with E-state index in [1.165, 1.54) is 20.2 Å². The van der Waals surface area contributed by atoms with Crippen molar-refractivity contribution < 1.29 is 14.6 Å². The molecule has 0 fully saturated rings. The van der Waals surface area contributed by atoms with Gasteiger partial charge >= 0.3 is 5.97 Å². The summed E-state index contributed by atoms with van der Waals surface area (Å²) in [6.45, 7) is 1.31. The van der Waals surface area contributed by atoms with Crippen molar-refractivity contribution in [3.8, 4) is 6.07 Å². The van der Waals surface area contributed by atoms with Crippen LogP contribution in [-0.4, -0.2) is 35.3 Å². The van der Waals surface area contributed by atoms with Gasteiger partial charge in [-0.05, 0) is 19.1 Å². The maximum atomic E-state index is 11.2. The van der Waals surface area contributed by atoms with E-state index < -0.39 is 11.6 Å². The molecule has 0 aliphatic carbocycles. The number of pyridine rings is 1. The molecule has 6 nitrogen and oxygen atoms in total. The second-order valence-corrected chi connectivity index (χ2v) is 3.66. The normalized spacial score (nSPS) is 13.3. The van der Waals surface area contributed by atoms with Crippen molar-refractivity contribution in [2.75, 3.05) is 19.0 Å². The molecule has 1 aromatic heterocycles. The monoisotopic (exact) mass is 235 g/mol. The molecule has 17 heavy (non-hydrogen) atoms. The van der Waals surface area contributed by atoms with Gasteiger partial charge in [-0.1, -0.05) is 0 Å². The highest BCUT2D eigenvalue weighted by Crippen LogP contribution is 2.09. The zero-order chi connectivity index (χ0) is 12.9. The van der Waals surface area contributed by atoms with Crippen LogP contribution in [0.4, 0.5) is 5.82 Å². The van der Waals surface area contributed by atoms with Crippen LogP contribution in [0.1, 0.15) is 12.5 Å². The number of nitriles is 1. The number of hydrogen-bond donors (Lipinski definition) is 2. The third-order valence-corrected chi connectivity index (χ3v) is 2.13. The number of carbonyl (C=O) groups excluding carboxylic acids is 1. The van der Waals surface area contributed by atoms with E-state index in [0.29, 0.717) is 11.4 Å². The fraction of sp³-hybridized carbons (Fsp3) is 0.364. The van der Waals surface area contributed by atoms with Crippen LogP contribution in [0.25, 0.3) is 0 Å². The lowest BCUT2D eigenvalue weighted by Crippen LogP contribution is -2.42. The first-order valence-electron chi connectivity index (χ1n) is 4.90. The minimum Gasteiger partial charge on any atom is -0.467 e. The number of carbonyl (C=O) groups is 1. The van der Waals surface area contributed by atoms with Crippen molar-refractivity contribution in [3.05, 3.63) is 23.9 Å². The second kappa shape index (κ2) is 5.27. The van der Waals surface area contributed by atoms with Gasteiger partial charge in [0, 0.05) is 6.20 Å². The zero-order valence-electron chi connectivity index (χ0n) is 9.60. The molecule has 1 rings (SSSR count). The largest absolute Gasteiger partial charge is 0.467 e. The molecule has 2 N–H and O–H groups in total. The number of nitrogens with one attached hydrogen (secondary N) is 1. The van der Waals surface area contributed by atoms with Gasteiger partial charge in [0.2, 0.25) is 0 Å². The lowest BCUT2D eigenvalue weighted by atomic mass is 10.1. The summed E-state index contributed by atoms with van der Waals surface area (Å²) in [5.74, 6) is -0.258. The Morgan fingerprint density at radius 2 is 2.41 bits per heavy atom. The summed E-state index contributed by atoms with van der Waals surface area (Å²) in [7, 11) is 1.21. The molecule has 1 atom stereocenters. The number of hydrogen-bond acceptors (Lipinski definition) is 6. The molecule has 0 saturated heterocycles. The average Bonchev–Trinajstić information content (AvgIpc) is 2.36. The number of nitrogens with zero attached hydrogens (tertiary/aromatic N) is 2. The zero-order valence-corrected chi connectivity index (χ0v) is 9.60. The third kappa shape index (κ3) is 3.43. The first-order valence-corrected chi connectivity index (χ1v) is 4.90. The Bertz CT molecular complexity index is 434. The Kier molecular flexibility index (Phi) is 4.01. The minimum absolute atomic E-state index is 0.0292. The lowest BCUT2D eigenvalue weighted by molar-refractivity contribution is -0.158. The second-order valence-electron chi connectivity index (χ2n) is 3.66. The topological polar surface area (TPSA) is 95.2 Å². The van der Waals surface area contributed by atoms with Crippen LogP contribution in [0.2, 0.25) is 0 Å². The molecule has 0 amide bonds. The fourth-order valence-corrected chi connectivity index (χ4v) is 1.12. The first kappa shape index (κ1) is 12.9. The molecule has 1 unspecified atom stereocenters. The van der Waals surface area contributed by atoms with Crippen LogP contribution in [0.3, 0.4) is 0 Å². The molecular weight excluding hydrogens is 222 g/mol. The Hall–Kier alpha value is -2.13. The number of methoxy groups -OCH3 is 1. The number of anilines is 1. The number of aromatic nitrogens is 1. The van der Waals surface area contributed by atoms with E-state index in [1.807, 2.05) is 6.07 Å². The van der Waals surface area contributed by atoms with Crippen LogP contribution in [0.5, 0.6) is 0 Å². The Labute approximate surface area is 98.9 Å². The Morgan fingerprint density at radius 3 is 2.88 bits per heavy atom. The highest BCUT2D eigenvalue weighted by molar-refractivity contribution is 5.79. The van der Waals surface area contributed by atoms with E-state index >= 15 is 0 Å².